The van der Waals surface area contributed by atoms with Crippen LogP contribution < -0.4 is 10.3 Å². The number of pyridine rings is 1. The SMILES string of the molecule is CC(N[S@@+]([O-])C(C)(C)C)c1cc2cc(Cl)ccc2[nH]c1=O. The number of H-pyrrole nitrogens is 1. The van der Waals surface area contributed by atoms with Gasteiger partial charge in [-0.2, -0.15) is 0 Å². The monoisotopic (exact) mass is 326 g/mol. The topological polar surface area (TPSA) is 67.9 Å². The van der Waals surface area contributed by atoms with E-state index in [0.29, 0.717) is 10.6 Å². The Labute approximate surface area is 132 Å². The summed E-state index contributed by atoms with van der Waals surface area (Å²) < 4.78 is 14.7. The molecule has 0 bridgehead atoms. The maximum Gasteiger partial charge on any atom is 0.253 e. The van der Waals surface area contributed by atoms with Gasteiger partial charge in [0.2, 0.25) is 0 Å². The first-order chi connectivity index (χ1) is 9.68. The van der Waals surface area contributed by atoms with Gasteiger partial charge in [-0.3, -0.25) is 4.79 Å². The van der Waals surface area contributed by atoms with Crippen LogP contribution in [-0.4, -0.2) is 14.3 Å². The number of benzene rings is 1. The number of halogens is 1. The van der Waals surface area contributed by atoms with Gasteiger partial charge in [-0.25, -0.2) is 0 Å². The Hall–Kier alpha value is -1.01. The Bertz CT molecular complexity index is 709. The Morgan fingerprint density at radius 2 is 2.00 bits per heavy atom. The molecule has 0 aliphatic heterocycles. The molecule has 2 aromatic rings. The second-order valence-electron chi connectivity index (χ2n) is 6.01. The molecular formula is C15H19ClN2O2S. The van der Waals surface area contributed by atoms with Crippen LogP contribution in [0.3, 0.4) is 0 Å². The van der Waals surface area contributed by atoms with Gasteiger partial charge in [-0.15, -0.1) is 4.72 Å². The summed E-state index contributed by atoms with van der Waals surface area (Å²) in [6, 6.07) is 6.77. The molecule has 0 aliphatic rings. The van der Waals surface area contributed by atoms with Crippen LogP contribution in [0.15, 0.2) is 29.1 Å². The number of fused-ring (bicyclic) bond motifs is 1. The Balaban J connectivity index is 2.37. The maximum absolute atomic E-state index is 12.2. The van der Waals surface area contributed by atoms with Crippen molar-refractivity contribution in [1.29, 1.82) is 0 Å². The molecule has 6 heteroatoms. The van der Waals surface area contributed by atoms with E-state index in [1.807, 2.05) is 27.7 Å². The lowest BCUT2D eigenvalue weighted by atomic mass is 10.1. The van der Waals surface area contributed by atoms with E-state index in [0.717, 1.165) is 10.9 Å². The Kier molecular flexibility index (Phi) is 4.68. The van der Waals surface area contributed by atoms with E-state index in [9.17, 15) is 9.35 Å². The summed E-state index contributed by atoms with van der Waals surface area (Å²) in [5.74, 6) is 0. The van der Waals surface area contributed by atoms with Crippen LogP contribution in [0.25, 0.3) is 10.9 Å². The van der Waals surface area contributed by atoms with E-state index in [2.05, 4.69) is 9.71 Å². The molecule has 2 rings (SSSR count). The molecule has 114 valence electrons. The summed E-state index contributed by atoms with van der Waals surface area (Å²) >= 11 is 4.74. The molecule has 1 aromatic carbocycles. The molecule has 0 spiro atoms. The molecular weight excluding hydrogens is 308 g/mol. The molecule has 0 amide bonds. The smallest absolute Gasteiger partial charge is 0.253 e. The summed E-state index contributed by atoms with van der Waals surface area (Å²) in [4.78, 5) is 15.0. The van der Waals surface area contributed by atoms with E-state index in [4.69, 9.17) is 11.6 Å². The third-order valence-electron chi connectivity index (χ3n) is 3.14. The van der Waals surface area contributed by atoms with Crippen molar-refractivity contribution in [2.75, 3.05) is 0 Å². The lowest BCUT2D eigenvalue weighted by Gasteiger charge is -2.26. The highest BCUT2D eigenvalue weighted by atomic mass is 35.5. The number of hydrogen-bond acceptors (Lipinski definition) is 3. The Morgan fingerprint density at radius 3 is 2.62 bits per heavy atom. The zero-order chi connectivity index (χ0) is 15.8. The average Bonchev–Trinajstić information content (AvgIpc) is 2.37. The van der Waals surface area contributed by atoms with Crippen LogP contribution in [0.2, 0.25) is 5.02 Å². The summed E-state index contributed by atoms with van der Waals surface area (Å²) in [5, 5.41) is 1.46. The van der Waals surface area contributed by atoms with Crippen molar-refractivity contribution in [3.05, 3.63) is 45.2 Å². The summed E-state index contributed by atoms with van der Waals surface area (Å²) in [6.45, 7) is 7.47. The molecule has 1 aromatic heterocycles. The molecule has 0 aliphatic carbocycles. The number of rotatable bonds is 3. The summed E-state index contributed by atoms with van der Waals surface area (Å²) in [5.41, 5.74) is 1.09. The predicted octanol–water partition coefficient (Wildman–Crippen LogP) is 3.29. The molecule has 0 saturated carbocycles. The van der Waals surface area contributed by atoms with Crippen LogP contribution in [0.5, 0.6) is 0 Å². The highest BCUT2D eigenvalue weighted by Gasteiger charge is 2.29. The van der Waals surface area contributed by atoms with Gasteiger partial charge in [0.15, 0.2) is 0 Å². The molecule has 1 unspecified atom stereocenters. The molecule has 2 atom stereocenters. The zero-order valence-corrected chi connectivity index (χ0v) is 14.1. The van der Waals surface area contributed by atoms with E-state index in [1.54, 1.807) is 24.3 Å². The lowest BCUT2D eigenvalue weighted by molar-refractivity contribution is 0.530. The zero-order valence-electron chi connectivity index (χ0n) is 12.5. The van der Waals surface area contributed by atoms with E-state index >= 15 is 0 Å². The fraction of sp³-hybridized carbons (Fsp3) is 0.400. The van der Waals surface area contributed by atoms with Crippen molar-refractivity contribution in [3.63, 3.8) is 0 Å². The highest BCUT2D eigenvalue weighted by molar-refractivity contribution is 7.90. The van der Waals surface area contributed by atoms with Gasteiger partial charge in [-0.05, 0) is 52.0 Å². The summed E-state index contributed by atoms with van der Waals surface area (Å²) in [7, 11) is 0. The Morgan fingerprint density at radius 1 is 1.33 bits per heavy atom. The predicted molar refractivity (Wildman–Crippen MR) is 89.0 cm³/mol. The van der Waals surface area contributed by atoms with Gasteiger partial charge in [0, 0.05) is 32.9 Å². The van der Waals surface area contributed by atoms with Gasteiger partial charge < -0.3 is 9.54 Å². The number of nitrogens with one attached hydrogen (secondary N) is 2. The van der Waals surface area contributed by atoms with E-state index in [1.165, 1.54) is 0 Å². The molecule has 4 nitrogen and oxygen atoms in total. The fourth-order valence-electron chi connectivity index (χ4n) is 1.92. The standard InChI is InChI=1S/C15H19ClN2O2S/c1-9(18-21(20)15(2,3)4)12-8-10-7-11(16)5-6-13(10)17-14(12)19/h5-9,18H,1-4H3,(H,17,19)/t9?,21-/m0/s1. The second kappa shape index (κ2) is 6.01. The van der Waals surface area contributed by atoms with Crippen molar-refractivity contribution in [2.24, 2.45) is 0 Å². The molecule has 0 radical (unpaired) electrons. The minimum absolute atomic E-state index is 0.185. The third kappa shape index (κ3) is 3.80. The minimum atomic E-state index is -1.24. The first kappa shape index (κ1) is 16.4. The van der Waals surface area contributed by atoms with Crippen molar-refractivity contribution in [1.82, 2.24) is 9.71 Å². The van der Waals surface area contributed by atoms with Crippen molar-refractivity contribution >= 4 is 33.9 Å². The van der Waals surface area contributed by atoms with Gasteiger partial charge >= 0.3 is 0 Å². The molecule has 2 N–H and O–H groups in total. The van der Waals surface area contributed by atoms with Gasteiger partial charge in [0.25, 0.3) is 5.56 Å². The molecule has 0 fully saturated rings. The lowest BCUT2D eigenvalue weighted by Crippen LogP contribution is -2.41. The van der Waals surface area contributed by atoms with Crippen LogP contribution >= 0.6 is 11.6 Å². The number of aromatic nitrogens is 1. The van der Waals surface area contributed by atoms with E-state index in [-0.39, 0.29) is 16.3 Å². The number of hydrogen-bond donors (Lipinski definition) is 2. The van der Waals surface area contributed by atoms with Crippen molar-refractivity contribution < 1.29 is 4.55 Å². The van der Waals surface area contributed by atoms with Crippen LogP contribution in [-0.2, 0) is 11.4 Å². The van der Waals surface area contributed by atoms with Gasteiger partial charge in [0.05, 0.1) is 6.04 Å². The highest BCUT2D eigenvalue weighted by Crippen LogP contribution is 2.21. The summed E-state index contributed by atoms with van der Waals surface area (Å²) in [6.07, 6.45) is 0. The van der Waals surface area contributed by atoms with Crippen LogP contribution in [0, 0.1) is 0 Å². The largest absolute Gasteiger partial charge is 0.598 e. The third-order valence-corrected chi connectivity index (χ3v) is 5.06. The normalized spacial score (nSPS) is 15.1. The fourth-order valence-corrected chi connectivity index (χ4v) is 2.90. The maximum atomic E-state index is 12.2. The van der Waals surface area contributed by atoms with Crippen molar-refractivity contribution in [2.45, 2.75) is 38.5 Å². The molecule has 21 heavy (non-hydrogen) atoms. The number of aromatic amines is 1. The molecule has 1 heterocycles. The second-order valence-corrected chi connectivity index (χ2v) is 8.44. The van der Waals surface area contributed by atoms with E-state index < -0.39 is 11.4 Å². The molecule has 0 saturated heterocycles. The van der Waals surface area contributed by atoms with Crippen molar-refractivity contribution in [3.8, 4) is 0 Å². The minimum Gasteiger partial charge on any atom is -0.598 e. The first-order valence-electron chi connectivity index (χ1n) is 6.69. The van der Waals surface area contributed by atoms with Gasteiger partial charge in [-0.1, -0.05) is 11.6 Å². The van der Waals surface area contributed by atoms with Crippen LogP contribution in [0.1, 0.15) is 39.3 Å². The first-order valence-corrected chi connectivity index (χ1v) is 8.22. The van der Waals surface area contributed by atoms with Gasteiger partial charge in [0.1, 0.15) is 4.75 Å². The average molecular weight is 327 g/mol. The van der Waals surface area contributed by atoms with Crippen LogP contribution in [0.4, 0.5) is 0 Å². The quantitative estimate of drug-likeness (QED) is 0.850.